The van der Waals surface area contributed by atoms with Crippen molar-refractivity contribution >= 4 is 35.8 Å². The zero-order chi connectivity index (χ0) is 17.9. The lowest BCUT2D eigenvalue weighted by Crippen LogP contribution is -2.46. The van der Waals surface area contributed by atoms with Crippen LogP contribution >= 0.6 is 24.0 Å². The molecule has 0 aromatic carbocycles. The smallest absolute Gasteiger partial charge is 0.191 e. The van der Waals surface area contributed by atoms with E-state index in [0.29, 0.717) is 0 Å². The van der Waals surface area contributed by atoms with Gasteiger partial charge in [0.05, 0.1) is 0 Å². The molecule has 1 aliphatic rings. The SMILES string of the molecule is CCCCCNC(=NC)NCc1ccnc(N2CCN(CC)CC2)c1.I. The van der Waals surface area contributed by atoms with Crippen molar-refractivity contribution in [2.45, 2.75) is 39.7 Å². The highest BCUT2D eigenvalue weighted by Gasteiger charge is 2.16. The highest BCUT2D eigenvalue weighted by Crippen LogP contribution is 2.15. The van der Waals surface area contributed by atoms with E-state index in [1.54, 1.807) is 0 Å². The van der Waals surface area contributed by atoms with Crippen molar-refractivity contribution in [2.75, 3.05) is 51.2 Å². The van der Waals surface area contributed by atoms with Crippen LogP contribution in [0.15, 0.2) is 23.3 Å². The Morgan fingerprint density at radius 3 is 2.58 bits per heavy atom. The highest BCUT2D eigenvalue weighted by molar-refractivity contribution is 14.0. The summed E-state index contributed by atoms with van der Waals surface area (Å²) < 4.78 is 0. The summed E-state index contributed by atoms with van der Waals surface area (Å²) in [7, 11) is 1.82. The molecule has 0 saturated carbocycles. The van der Waals surface area contributed by atoms with Crippen molar-refractivity contribution in [1.29, 1.82) is 0 Å². The van der Waals surface area contributed by atoms with Gasteiger partial charge in [-0.3, -0.25) is 4.99 Å². The van der Waals surface area contributed by atoms with Crippen LogP contribution in [-0.2, 0) is 6.54 Å². The van der Waals surface area contributed by atoms with Gasteiger partial charge in [0.25, 0.3) is 0 Å². The van der Waals surface area contributed by atoms with E-state index in [4.69, 9.17) is 0 Å². The van der Waals surface area contributed by atoms with Crippen LogP contribution in [0.2, 0.25) is 0 Å². The number of guanidine groups is 1. The maximum atomic E-state index is 4.57. The van der Waals surface area contributed by atoms with Crippen molar-refractivity contribution in [1.82, 2.24) is 20.5 Å². The standard InChI is InChI=1S/C19H34N6.HI/c1-4-6-7-9-22-19(20-3)23-16-17-8-10-21-18(15-17)25-13-11-24(5-2)12-14-25;/h8,10,15H,4-7,9,11-14,16H2,1-3H3,(H2,20,22,23);1H. The maximum absolute atomic E-state index is 4.57. The molecule has 0 amide bonds. The number of pyridine rings is 1. The Morgan fingerprint density at radius 1 is 1.15 bits per heavy atom. The molecule has 6 nitrogen and oxygen atoms in total. The Balaban J connectivity index is 0.00000338. The van der Waals surface area contributed by atoms with Gasteiger partial charge in [0, 0.05) is 52.5 Å². The van der Waals surface area contributed by atoms with Crippen molar-refractivity contribution in [2.24, 2.45) is 4.99 Å². The molecule has 0 atom stereocenters. The second kappa shape index (κ2) is 13.1. The van der Waals surface area contributed by atoms with Gasteiger partial charge in [-0.25, -0.2) is 4.98 Å². The lowest BCUT2D eigenvalue weighted by Gasteiger charge is -2.34. The van der Waals surface area contributed by atoms with Crippen LogP contribution in [-0.4, -0.2) is 62.2 Å². The molecule has 1 saturated heterocycles. The van der Waals surface area contributed by atoms with Gasteiger partial charge in [-0.05, 0) is 30.7 Å². The van der Waals surface area contributed by atoms with Crippen LogP contribution in [0.5, 0.6) is 0 Å². The van der Waals surface area contributed by atoms with E-state index in [2.05, 4.69) is 56.4 Å². The molecule has 1 aliphatic heterocycles. The molecular formula is C19H35IN6. The number of hydrogen-bond acceptors (Lipinski definition) is 4. The highest BCUT2D eigenvalue weighted by atomic mass is 127. The fourth-order valence-corrected chi connectivity index (χ4v) is 3.02. The first kappa shape index (κ1) is 23.0. The molecule has 0 aliphatic carbocycles. The zero-order valence-corrected chi connectivity index (χ0v) is 18.8. The van der Waals surface area contributed by atoms with Crippen LogP contribution in [0.25, 0.3) is 0 Å². The van der Waals surface area contributed by atoms with Gasteiger partial charge in [0.2, 0.25) is 0 Å². The van der Waals surface area contributed by atoms with Crippen molar-refractivity contribution < 1.29 is 0 Å². The zero-order valence-electron chi connectivity index (χ0n) is 16.5. The first-order chi connectivity index (χ1) is 12.3. The molecule has 0 unspecified atom stereocenters. The molecule has 2 heterocycles. The summed E-state index contributed by atoms with van der Waals surface area (Å²) in [6.45, 7) is 11.7. The second-order valence-corrected chi connectivity index (χ2v) is 6.50. The minimum atomic E-state index is 0. The first-order valence-electron chi connectivity index (χ1n) is 9.63. The largest absolute Gasteiger partial charge is 0.356 e. The normalized spacial score (nSPS) is 15.5. The number of aromatic nitrogens is 1. The van der Waals surface area contributed by atoms with E-state index >= 15 is 0 Å². The number of piperazine rings is 1. The minimum Gasteiger partial charge on any atom is -0.356 e. The summed E-state index contributed by atoms with van der Waals surface area (Å²) in [5.74, 6) is 1.95. The predicted octanol–water partition coefficient (Wildman–Crippen LogP) is 2.70. The van der Waals surface area contributed by atoms with E-state index in [1.807, 2.05) is 13.2 Å². The Hall–Kier alpha value is -1.09. The minimum absolute atomic E-state index is 0. The third kappa shape index (κ3) is 7.65. The first-order valence-corrected chi connectivity index (χ1v) is 9.63. The van der Waals surface area contributed by atoms with Crippen molar-refractivity contribution in [3.05, 3.63) is 23.9 Å². The third-order valence-corrected chi connectivity index (χ3v) is 4.71. The number of unbranched alkanes of at least 4 members (excludes halogenated alkanes) is 2. The van der Waals surface area contributed by atoms with E-state index in [1.165, 1.54) is 24.8 Å². The van der Waals surface area contributed by atoms with Crippen LogP contribution in [0.1, 0.15) is 38.7 Å². The van der Waals surface area contributed by atoms with Crippen LogP contribution in [0.3, 0.4) is 0 Å². The number of nitrogens with zero attached hydrogens (tertiary/aromatic N) is 4. The number of hydrogen-bond donors (Lipinski definition) is 2. The molecule has 148 valence electrons. The van der Waals surface area contributed by atoms with Crippen LogP contribution < -0.4 is 15.5 Å². The molecule has 26 heavy (non-hydrogen) atoms. The number of halogens is 1. The van der Waals surface area contributed by atoms with Gasteiger partial charge < -0.3 is 20.4 Å². The Kier molecular flexibility index (Phi) is 11.6. The lowest BCUT2D eigenvalue weighted by atomic mass is 10.2. The van der Waals surface area contributed by atoms with Gasteiger partial charge in [-0.15, -0.1) is 24.0 Å². The fourth-order valence-electron chi connectivity index (χ4n) is 3.02. The topological polar surface area (TPSA) is 55.8 Å². The number of aliphatic imine (C=N–C) groups is 1. The van der Waals surface area contributed by atoms with E-state index in [-0.39, 0.29) is 24.0 Å². The molecule has 0 spiro atoms. The van der Waals surface area contributed by atoms with Gasteiger partial charge in [0.1, 0.15) is 5.82 Å². The summed E-state index contributed by atoms with van der Waals surface area (Å²) in [6, 6.07) is 4.27. The molecule has 2 rings (SSSR count). The summed E-state index contributed by atoms with van der Waals surface area (Å²) >= 11 is 0. The fraction of sp³-hybridized carbons (Fsp3) is 0.684. The van der Waals surface area contributed by atoms with Crippen molar-refractivity contribution in [3.8, 4) is 0 Å². The predicted molar refractivity (Wildman–Crippen MR) is 122 cm³/mol. The van der Waals surface area contributed by atoms with Crippen LogP contribution in [0, 0.1) is 0 Å². The Morgan fingerprint density at radius 2 is 1.92 bits per heavy atom. The molecular weight excluding hydrogens is 439 g/mol. The Labute approximate surface area is 175 Å². The van der Waals surface area contributed by atoms with Gasteiger partial charge in [-0.2, -0.15) is 0 Å². The molecule has 0 radical (unpaired) electrons. The van der Waals surface area contributed by atoms with E-state index in [0.717, 1.165) is 57.6 Å². The molecule has 1 fully saturated rings. The van der Waals surface area contributed by atoms with Gasteiger partial charge >= 0.3 is 0 Å². The summed E-state index contributed by atoms with van der Waals surface area (Å²) in [5, 5.41) is 6.76. The molecule has 2 N–H and O–H groups in total. The van der Waals surface area contributed by atoms with Gasteiger partial charge in [0.15, 0.2) is 5.96 Å². The number of likely N-dealkylation sites (N-methyl/N-ethyl adjacent to an activating group) is 1. The number of rotatable bonds is 8. The molecule has 0 bridgehead atoms. The average Bonchev–Trinajstić information content (AvgIpc) is 2.68. The summed E-state index contributed by atoms with van der Waals surface area (Å²) in [5.41, 5.74) is 1.24. The van der Waals surface area contributed by atoms with Crippen molar-refractivity contribution in [3.63, 3.8) is 0 Å². The second-order valence-electron chi connectivity index (χ2n) is 6.50. The Bertz CT molecular complexity index is 529. The van der Waals surface area contributed by atoms with E-state index < -0.39 is 0 Å². The molecule has 7 heteroatoms. The number of nitrogens with one attached hydrogen (secondary N) is 2. The summed E-state index contributed by atoms with van der Waals surface area (Å²) in [6.07, 6.45) is 5.58. The van der Waals surface area contributed by atoms with Crippen LogP contribution in [0.4, 0.5) is 5.82 Å². The quantitative estimate of drug-likeness (QED) is 0.263. The monoisotopic (exact) mass is 474 g/mol. The average molecular weight is 474 g/mol. The summed E-state index contributed by atoms with van der Waals surface area (Å²) in [4.78, 5) is 13.7. The molecule has 1 aromatic heterocycles. The van der Waals surface area contributed by atoms with Gasteiger partial charge in [-0.1, -0.05) is 26.7 Å². The molecule has 1 aromatic rings. The maximum Gasteiger partial charge on any atom is 0.191 e. The lowest BCUT2D eigenvalue weighted by molar-refractivity contribution is 0.270. The third-order valence-electron chi connectivity index (χ3n) is 4.71. The number of anilines is 1. The van der Waals surface area contributed by atoms with E-state index in [9.17, 15) is 0 Å².